The molecule has 1 aromatic carbocycles. The lowest BCUT2D eigenvalue weighted by Crippen LogP contribution is -2.13. The van der Waals surface area contributed by atoms with Crippen molar-refractivity contribution in [2.24, 2.45) is 0 Å². The van der Waals surface area contributed by atoms with Gasteiger partial charge in [-0.2, -0.15) is 13.2 Å². The molecule has 0 aliphatic heterocycles. The Labute approximate surface area is 114 Å². The molecule has 19 heavy (non-hydrogen) atoms. The minimum atomic E-state index is -4.36. The molecule has 102 valence electrons. The van der Waals surface area contributed by atoms with Crippen molar-refractivity contribution in [3.63, 3.8) is 0 Å². The van der Waals surface area contributed by atoms with Gasteiger partial charge in [0.25, 0.3) is 0 Å². The molecule has 0 aliphatic rings. The summed E-state index contributed by atoms with van der Waals surface area (Å²) in [6.07, 6.45) is -2.82. The number of aromatic nitrogens is 1. The number of fused-ring (bicyclic) bond motifs is 1. The van der Waals surface area contributed by atoms with E-state index in [0.29, 0.717) is 10.8 Å². The molecule has 0 spiro atoms. The van der Waals surface area contributed by atoms with Gasteiger partial charge in [-0.3, -0.25) is 0 Å². The van der Waals surface area contributed by atoms with Crippen LogP contribution >= 0.6 is 11.6 Å². The standard InChI is InChI=1S/C14H13ClF3N/c1-13(2,3)11-7-19-12(15)9-5-4-8(6-10(9)11)14(16,17)18/h4-7H,1-3H3. The first-order valence-electron chi connectivity index (χ1n) is 5.76. The van der Waals surface area contributed by atoms with Crippen molar-refractivity contribution >= 4 is 22.4 Å². The van der Waals surface area contributed by atoms with Crippen molar-refractivity contribution < 1.29 is 13.2 Å². The average molecular weight is 288 g/mol. The Balaban J connectivity index is 2.82. The lowest BCUT2D eigenvalue weighted by Gasteiger charge is -2.21. The van der Waals surface area contributed by atoms with Crippen molar-refractivity contribution in [1.82, 2.24) is 4.98 Å². The number of pyridine rings is 1. The molecule has 0 radical (unpaired) electrons. The van der Waals surface area contributed by atoms with Gasteiger partial charge in [-0.1, -0.05) is 38.4 Å². The molecule has 1 nitrogen and oxygen atoms in total. The van der Waals surface area contributed by atoms with E-state index in [-0.39, 0.29) is 10.6 Å². The Kier molecular flexibility index (Phi) is 3.25. The van der Waals surface area contributed by atoms with Gasteiger partial charge >= 0.3 is 6.18 Å². The molecule has 0 aliphatic carbocycles. The first-order valence-corrected chi connectivity index (χ1v) is 6.14. The second-order valence-corrected chi connectivity index (χ2v) is 5.83. The van der Waals surface area contributed by atoms with E-state index in [2.05, 4.69) is 4.98 Å². The van der Waals surface area contributed by atoms with E-state index in [0.717, 1.165) is 17.7 Å². The SMILES string of the molecule is CC(C)(C)c1cnc(Cl)c2ccc(C(F)(F)F)cc12. The summed E-state index contributed by atoms with van der Waals surface area (Å²) in [4.78, 5) is 4.05. The quantitative estimate of drug-likeness (QED) is 0.607. The highest BCUT2D eigenvalue weighted by molar-refractivity contribution is 6.34. The lowest BCUT2D eigenvalue weighted by molar-refractivity contribution is -0.137. The fourth-order valence-corrected chi connectivity index (χ4v) is 2.19. The van der Waals surface area contributed by atoms with Gasteiger partial charge in [0.2, 0.25) is 0 Å². The van der Waals surface area contributed by atoms with Crippen LogP contribution in [0.15, 0.2) is 24.4 Å². The van der Waals surface area contributed by atoms with E-state index in [1.54, 1.807) is 6.20 Å². The van der Waals surface area contributed by atoms with Gasteiger partial charge in [0.1, 0.15) is 5.15 Å². The van der Waals surface area contributed by atoms with Crippen molar-refractivity contribution in [3.8, 4) is 0 Å². The molecule has 1 heterocycles. The fraction of sp³-hybridized carbons (Fsp3) is 0.357. The van der Waals surface area contributed by atoms with E-state index < -0.39 is 11.7 Å². The second kappa shape index (κ2) is 4.37. The third-order valence-corrected chi connectivity index (χ3v) is 3.28. The maximum atomic E-state index is 12.8. The summed E-state index contributed by atoms with van der Waals surface area (Å²) >= 11 is 5.95. The first kappa shape index (κ1) is 14.1. The van der Waals surface area contributed by atoms with Crippen LogP contribution in [-0.4, -0.2) is 4.98 Å². The molecule has 0 saturated heterocycles. The van der Waals surface area contributed by atoms with Crippen LogP contribution in [0.4, 0.5) is 13.2 Å². The Hall–Kier alpha value is -1.29. The molecule has 1 aromatic heterocycles. The molecule has 0 saturated carbocycles. The van der Waals surface area contributed by atoms with Gasteiger partial charge in [0, 0.05) is 11.6 Å². The molecule has 2 rings (SSSR count). The zero-order valence-corrected chi connectivity index (χ0v) is 11.5. The summed E-state index contributed by atoms with van der Waals surface area (Å²) in [7, 11) is 0. The van der Waals surface area contributed by atoms with Crippen LogP contribution in [-0.2, 0) is 11.6 Å². The highest BCUT2D eigenvalue weighted by Gasteiger charge is 2.31. The van der Waals surface area contributed by atoms with Crippen LogP contribution < -0.4 is 0 Å². The molecule has 0 bridgehead atoms. The molecular formula is C14H13ClF3N. The van der Waals surface area contributed by atoms with Crippen LogP contribution in [0.5, 0.6) is 0 Å². The van der Waals surface area contributed by atoms with Crippen LogP contribution in [0.25, 0.3) is 10.8 Å². The third-order valence-electron chi connectivity index (χ3n) is 2.97. The van der Waals surface area contributed by atoms with Gasteiger partial charge in [0.15, 0.2) is 0 Å². The number of benzene rings is 1. The zero-order valence-electron chi connectivity index (χ0n) is 10.8. The normalized spacial score (nSPS) is 13.0. The molecule has 0 unspecified atom stereocenters. The van der Waals surface area contributed by atoms with Crippen molar-refractivity contribution in [3.05, 3.63) is 40.7 Å². The van der Waals surface area contributed by atoms with Gasteiger partial charge in [-0.25, -0.2) is 4.98 Å². The van der Waals surface area contributed by atoms with E-state index in [9.17, 15) is 13.2 Å². The predicted octanol–water partition coefficient (Wildman–Crippen LogP) is 5.20. The molecule has 0 fully saturated rings. The van der Waals surface area contributed by atoms with E-state index in [1.165, 1.54) is 6.07 Å². The molecule has 0 N–H and O–H groups in total. The smallest absolute Gasteiger partial charge is 0.244 e. The molecule has 5 heteroatoms. The van der Waals surface area contributed by atoms with Crippen molar-refractivity contribution in [2.75, 3.05) is 0 Å². The number of halogens is 4. The van der Waals surface area contributed by atoms with Crippen LogP contribution in [0.3, 0.4) is 0 Å². The molecule has 2 aromatic rings. The Morgan fingerprint density at radius 1 is 1.05 bits per heavy atom. The minimum Gasteiger partial charge on any atom is -0.244 e. The maximum absolute atomic E-state index is 12.8. The van der Waals surface area contributed by atoms with Crippen molar-refractivity contribution in [1.29, 1.82) is 0 Å². The average Bonchev–Trinajstić information content (AvgIpc) is 2.26. The number of rotatable bonds is 0. The Bertz CT molecular complexity index is 627. The zero-order chi connectivity index (χ0) is 14.4. The van der Waals surface area contributed by atoms with Crippen LogP contribution in [0.1, 0.15) is 31.9 Å². The highest BCUT2D eigenvalue weighted by Crippen LogP contribution is 2.37. The summed E-state index contributed by atoms with van der Waals surface area (Å²) < 4.78 is 38.4. The van der Waals surface area contributed by atoms with Crippen LogP contribution in [0, 0.1) is 0 Å². The number of alkyl halides is 3. The number of nitrogens with zero attached hydrogens (tertiary/aromatic N) is 1. The first-order chi connectivity index (χ1) is 8.60. The van der Waals surface area contributed by atoms with Gasteiger partial charge in [-0.05, 0) is 28.5 Å². The summed E-state index contributed by atoms with van der Waals surface area (Å²) in [6.45, 7) is 5.78. The van der Waals surface area contributed by atoms with Gasteiger partial charge in [0.05, 0.1) is 5.56 Å². The summed E-state index contributed by atoms with van der Waals surface area (Å²) in [6, 6.07) is 3.55. The Morgan fingerprint density at radius 3 is 2.21 bits per heavy atom. The lowest BCUT2D eigenvalue weighted by atomic mass is 9.85. The molecule has 0 atom stereocenters. The second-order valence-electron chi connectivity index (χ2n) is 5.47. The predicted molar refractivity (Wildman–Crippen MR) is 70.5 cm³/mol. The fourth-order valence-electron chi connectivity index (χ4n) is 1.98. The largest absolute Gasteiger partial charge is 0.416 e. The minimum absolute atomic E-state index is 0.219. The summed E-state index contributed by atoms with van der Waals surface area (Å²) in [5.74, 6) is 0. The summed E-state index contributed by atoms with van der Waals surface area (Å²) in [5.41, 5.74) is -0.231. The van der Waals surface area contributed by atoms with E-state index in [4.69, 9.17) is 11.6 Å². The highest BCUT2D eigenvalue weighted by atomic mass is 35.5. The Morgan fingerprint density at radius 2 is 1.68 bits per heavy atom. The molecular weight excluding hydrogens is 275 g/mol. The third kappa shape index (κ3) is 2.68. The number of hydrogen-bond acceptors (Lipinski definition) is 1. The van der Waals surface area contributed by atoms with E-state index in [1.807, 2.05) is 20.8 Å². The summed E-state index contributed by atoms with van der Waals surface area (Å²) in [5, 5.41) is 1.26. The van der Waals surface area contributed by atoms with Gasteiger partial charge < -0.3 is 0 Å². The molecule has 0 amide bonds. The van der Waals surface area contributed by atoms with Gasteiger partial charge in [-0.15, -0.1) is 0 Å². The number of hydrogen-bond donors (Lipinski definition) is 0. The maximum Gasteiger partial charge on any atom is 0.416 e. The van der Waals surface area contributed by atoms with E-state index >= 15 is 0 Å². The van der Waals surface area contributed by atoms with Crippen LogP contribution in [0.2, 0.25) is 5.15 Å². The van der Waals surface area contributed by atoms with Crippen molar-refractivity contribution in [2.45, 2.75) is 32.4 Å². The monoisotopic (exact) mass is 287 g/mol. The topological polar surface area (TPSA) is 12.9 Å².